The summed E-state index contributed by atoms with van der Waals surface area (Å²) < 4.78 is 10.9. The monoisotopic (exact) mass is 250 g/mol. The summed E-state index contributed by atoms with van der Waals surface area (Å²) in [6.45, 7) is 1.11. The van der Waals surface area contributed by atoms with Gasteiger partial charge in [-0.3, -0.25) is 0 Å². The Balaban J connectivity index is 1.81. The Bertz CT molecular complexity index is 359. The van der Waals surface area contributed by atoms with Crippen molar-refractivity contribution in [2.24, 2.45) is 5.92 Å². The third kappa shape index (κ3) is 3.47. The van der Waals surface area contributed by atoms with Gasteiger partial charge in [-0.1, -0.05) is 31.0 Å². The summed E-state index contributed by atoms with van der Waals surface area (Å²) in [6.07, 6.45) is 4.57. The number of methoxy groups -OCH3 is 1. The molecule has 0 radical (unpaired) electrons. The minimum atomic E-state index is -0.609. The Morgan fingerprint density at radius 3 is 2.72 bits per heavy atom. The van der Waals surface area contributed by atoms with Gasteiger partial charge in [0.2, 0.25) is 0 Å². The van der Waals surface area contributed by atoms with Crippen molar-refractivity contribution in [1.82, 2.24) is 0 Å². The molecule has 1 aliphatic rings. The molecule has 1 aliphatic carbocycles. The van der Waals surface area contributed by atoms with Crippen LogP contribution in [0, 0.1) is 5.92 Å². The molecule has 1 aromatic rings. The molecule has 1 unspecified atom stereocenters. The van der Waals surface area contributed by atoms with Gasteiger partial charge in [-0.2, -0.15) is 0 Å². The van der Waals surface area contributed by atoms with Gasteiger partial charge in [-0.25, -0.2) is 0 Å². The Labute approximate surface area is 109 Å². The van der Waals surface area contributed by atoms with E-state index in [1.807, 2.05) is 24.3 Å². The number of para-hydroxylation sites is 1. The highest BCUT2D eigenvalue weighted by atomic mass is 16.5. The van der Waals surface area contributed by atoms with E-state index in [9.17, 15) is 5.11 Å². The first-order valence-corrected chi connectivity index (χ1v) is 6.70. The third-order valence-electron chi connectivity index (χ3n) is 3.60. The summed E-state index contributed by atoms with van der Waals surface area (Å²) >= 11 is 0. The van der Waals surface area contributed by atoms with Crippen molar-refractivity contribution in [3.05, 3.63) is 29.8 Å². The second-order valence-corrected chi connectivity index (χ2v) is 4.95. The van der Waals surface area contributed by atoms with Crippen LogP contribution in [-0.4, -0.2) is 25.4 Å². The molecule has 18 heavy (non-hydrogen) atoms. The van der Waals surface area contributed by atoms with Gasteiger partial charge in [-0.05, 0) is 24.8 Å². The van der Waals surface area contributed by atoms with Crippen molar-refractivity contribution in [2.75, 3.05) is 20.3 Å². The zero-order valence-corrected chi connectivity index (χ0v) is 11.0. The van der Waals surface area contributed by atoms with Crippen molar-refractivity contribution >= 4 is 0 Å². The lowest BCUT2D eigenvalue weighted by atomic mass is 10.1. The maximum Gasteiger partial charge on any atom is 0.124 e. The number of benzene rings is 1. The lowest BCUT2D eigenvalue weighted by molar-refractivity contribution is 0.0202. The molecule has 3 heteroatoms. The highest BCUT2D eigenvalue weighted by Gasteiger charge is 2.17. The van der Waals surface area contributed by atoms with Gasteiger partial charge < -0.3 is 14.6 Å². The van der Waals surface area contributed by atoms with E-state index in [0.717, 1.165) is 17.9 Å². The summed E-state index contributed by atoms with van der Waals surface area (Å²) in [4.78, 5) is 0. The molecule has 0 heterocycles. The van der Waals surface area contributed by atoms with Gasteiger partial charge in [0.25, 0.3) is 0 Å². The van der Waals surface area contributed by atoms with Crippen LogP contribution >= 0.6 is 0 Å². The lowest BCUT2D eigenvalue weighted by Crippen LogP contribution is -2.12. The lowest BCUT2D eigenvalue weighted by Gasteiger charge is -2.16. The molecule has 1 atom stereocenters. The first kappa shape index (κ1) is 13.4. The first-order valence-electron chi connectivity index (χ1n) is 6.70. The van der Waals surface area contributed by atoms with Gasteiger partial charge >= 0.3 is 0 Å². The fourth-order valence-corrected chi connectivity index (χ4v) is 2.55. The fourth-order valence-electron chi connectivity index (χ4n) is 2.55. The third-order valence-corrected chi connectivity index (χ3v) is 3.60. The zero-order valence-electron chi connectivity index (χ0n) is 11.0. The average molecular weight is 250 g/mol. The van der Waals surface area contributed by atoms with E-state index in [-0.39, 0.29) is 0 Å². The maximum absolute atomic E-state index is 10.1. The quantitative estimate of drug-likeness (QED) is 0.843. The minimum Gasteiger partial charge on any atom is -0.496 e. The van der Waals surface area contributed by atoms with Crippen LogP contribution in [0.1, 0.15) is 37.4 Å². The number of rotatable bonds is 6. The minimum absolute atomic E-state index is 0.344. The predicted octanol–water partition coefficient (Wildman–Crippen LogP) is 2.94. The van der Waals surface area contributed by atoms with E-state index in [4.69, 9.17) is 9.47 Å². The summed E-state index contributed by atoms with van der Waals surface area (Å²) in [6, 6.07) is 7.53. The normalized spacial score (nSPS) is 17.9. The Kier molecular flexibility index (Phi) is 5.02. The molecule has 0 aromatic heterocycles. The van der Waals surface area contributed by atoms with Crippen LogP contribution in [0.25, 0.3) is 0 Å². The highest BCUT2D eigenvalue weighted by molar-refractivity contribution is 5.34. The van der Waals surface area contributed by atoms with Crippen LogP contribution < -0.4 is 4.74 Å². The molecule has 0 saturated heterocycles. The summed E-state index contributed by atoms with van der Waals surface area (Å²) in [5.41, 5.74) is 0.798. The van der Waals surface area contributed by atoms with E-state index in [0.29, 0.717) is 12.5 Å². The molecule has 2 rings (SSSR count). The zero-order chi connectivity index (χ0) is 12.8. The van der Waals surface area contributed by atoms with Crippen molar-refractivity contribution < 1.29 is 14.6 Å². The van der Waals surface area contributed by atoms with Crippen LogP contribution in [0.3, 0.4) is 0 Å². The number of hydrogen-bond acceptors (Lipinski definition) is 3. The Morgan fingerprint density at radius 2 is 2.00 bits per heavy atom. The van der Waals surface area contributed by atoms with Crippen LogP contribution in [0.5, 0.6) is 5.75 Å². The van der Waals surface area contributed by atoms with Gasteiger partial charge in [0.1, 0.15) is 11.9 Å². The summed E-state index contributed by atoms with van der Waals surface area (Å²) in [7, 11) is 1.62. The second-order valence-electron chi connectivity index (χ2n) is 4.95. The van der Waals surface area contributed by atoms with E-state index < -0.39 is 6.10 Å². The molecule has 0 aliphatic heterocycles. The largest absolute Gasteiger partial charge is 0.496 e. The summed E-state index contributed by atoms with van der Waals surface area (Å²) in [5.74, 6) is 1.41. The molecule has 0 spiro atoms. The molecule has 0 amide bonds. The molecule has 1 fully saturated rings. The van der Waals surface area contributed by atoms with Gasteiger partial charge in [-0.15, -0.1) is 0 Å². The maximum atomic E-state index is 10.1. The predicted molar refractivity (Wildman–Crippen MR) is 70.7 cm³/mol. The van der Waals surface area contributed by atoms with Crippen molar-refractivity contribution in [1.29, 1.82) is 0 Å². The van der Waals surface area contributed by atoms with Crippen molar-refractivity contribution in [3.8, 4) is 5.75 Å². The molecule has 0 bridgehead atoms. The fraction of sp³-hybridized carbons (Fsp3) is 0.600. The van der Waals surface area contributed by atoms with E-state index in [2.05, 4.69) is 0 Å². The SMILES string of the molecule is COc1ccccc1C(O)COCC1CCCC1. The first-order chi connectivity index (χ1) is 8.81. The number of ether oxygens (including phenoxy) is 2. The summed E-state index contributed by atoms with van der Waals surface area (Å²) in [5, 5.41) is 10.1. The van der Waals surface area contributed by atoms with Gasteiger partial charge in [0.15, 0.2) is 0 Å². The number of aliphatic hydroxyl groups is 1. The molecule has 100 valence electrons. The number of hydrogen-bond donors (Lipinski definition) is 1. The molecule has 1 aromatic carbocycles. The van der Waals surface area contributed by atoms with E-state index >= 15 is 0 Å². The van der Waals surface area contributed by atoms with Crippen LogP contribution in [0.15, 0.2) is 24.3 Å². The number of aliphatic hydroxyl groups excluding tert-OH is 1. The Hall–Kier alpha value is -1.06. The molecular weight excluding hydrogens is 228 g/mol. The van der Waals surface area contributed by atoms with Gasteiger partial charge in [0, 0.05) is 12.2 Å². The molecular formula is C15H22O3. The second kappa shape index (κ2) is 6.76. The smallest absolute Gasteiger partial charge is 0.124 e. The molecule has 1 N–H and O–H groups in total. The average Bonchev–Trinajstić information content (AvgIpc) is 2.91. The molecule has 1 saturated carbocycles. The Morgan fingerprint density at radius 1 is 1.28 bits per heavy atom. The van der Waals surface area contributed by atoms with Crippen molar-refractivity contribution in [3.63, 3.8) is 0 Å². The topological polar surface area (TPSA) is 38.7 Å². The van der Waals surface area contributed by atoms with Crippen LogP contribution in [0.2, 0.25) is 0 Å². The van der Waals surface area contributed by atoms with E-state index in [1.54, 1.807) is 7.11 Å². The standard InChI is InChI=1S/C15H22O3/c1-17-15-9-5-4-8-13(15)14(16)11-18-10-12-6-2-3-7-12/h4-5,8-9,12,14,16H,2-3,6-7,10-11H2,1H3. The van der Waals surface area contributed by atoms with Crippen molar-refractivity contribution in [2.45, 2.75) is 31.8 Å². The highest BCUT2D eigenvalue weighted by Crippen LogP contribution is 2.27. The van der Waals surface area contributed by atoms with Crippen LogP contribution in [-0.2, 0) is 4.74 Å². The van der Waals surface area contributed by atoms with Gasteiger partial charge in [0.05, 0.1) is 13.7 Å². The molecule has 3 nitrogen and oxygen atoms in total. The van der Waals surface area contributed by atoms with E-state index in [1.165, 1.54) is 25.7 Å². The van der Waals surface area contributed by atoms with Crippen LogP contribution in [0.4, 0.5) is 0 Å².